The highest BCUT2D eigenvalue weighted by Crippen LogP contribution is 1.98. The lowest BCUT2D eigenvalue weighted by molar-refractivity contribution is -0.160. The van der Waals surface area contributed by atoms with Crippen molar-refractivity contribution < 1.29 is 18.4 Å². The molecule has 0 atom stereocenters. The van der Waals surface area contributed by atoms with Crippen LogP contribution in [-0.4, -0.2) is 12.5 Å². The van der Waals surface area contributed by atoms with E-state index >= 15 is 0 Å². The van der Waals surface area contributed by atoms with Gasteiger partial charge in [-0.1, -0.05) is 18.2 Å². The maximum absolute atomic E-state index is 11.5. The lowest BCUT2D eigenvalue weighted by Gasteiger charge is -2.03. The number of nitrogens with one attached hydrogen (secondary N) is 1. The molecule has 0 aliphatic heterocycles. The van der Waals surface area contributed by atoms with E-state index in [9.17, 15) is 13.6 Å². The van der Waals surface area contributed by atoms with Crippen LogP contribution in [0.5, 0.6) is 0 Å². The summed E-state index contributed by atoms with van der Waals surface area (Å²) in [5.74, 6) is -0.694. The molecule has 1 aromatic rings. The van der Waals surface area contributed by atoms with Crippen molar-refractivity contribution >= 4 is 5.91 Å². The van der Waals surface area contributed by atoms with Crippen molar-refractivity contribution in [2.45, 2.75) is 6.61 Å². The van der Waals surface area contributed by atoms with Gasteiger partial charge in [0.2, 0.25) is 0 Å². The fourth-order valence-corrected chi connectivity index (χ4v) is 0.747. The van der Waals surface area contributed by atoms with Gasteiger partial charge in [-0.2, -0.15) is 8.78 Å². The van der Waals surface area contributed by atoms with E-state index in [1.165, 1.54) is 12.1 Å². The van der Waals surface area contributed by atoms with Gasteiger partial charge in [0.05, 0.1) is 0 Å². The molecule has 0 saturated carbocycles. The molecule has 1 N–H and O–H groups in total. The van der Waals surface area contributed by atoms with Crippen LogP contribution in [0, 0.1) is 0 Å². The molecule has 0 radical (unpaired) electrons. The van der Waals surface area contributed by atoms with Crippen LogP contribution >= 0.6 is 0 Å². The van der Waals surface area contributed by atoms with Crippen molar-refractivity contribution in [2.75, 3.05) is 0 Å². The van der Waals surface area contributed by atoms with E-state index in [1.807, 2.05) is 0 Å². The molecule has 0 heterocycles. The summed E-state index contributed by atoms with van der Waals surface area (Å²) >= 11 is 0. The number of benzene rings is 1. The summed E-state index contributed by atoms with van der Waals surface area (Å²) in [5.41, 5.74) is 1.88. The van der Waals surface area contributed by atoms with Gasteiger partial charge in [-0.15, -0.1) is 0 Å². The summed E-state index contributed by atoms with van der Waals surface area (Å²) in [6.45, 7) is -3.01. The Morgan fingerprint density at radius 2 is 1.92 bits per heavy atom. The van der Waals surface area contributed by atoms with Gasteiger partial charge in [0.25, 0.3) is 5.91 Å². The van der Waals surface area contributed by atoms with Crippen molar-refractivity contribution in [3.05, 3.63) is 35.9 Å². The van der Waals surface area contributed by atoms with Crippen molar-refractivity contribution in [1.82, 2.24) is 5.48 Å². The first-order chi connectivity index (χ1) is 6.20. The molecular weight excluding hydrogens is 180 g/mol. The predicted molar refractivity (Wildman–Crippen MR) is 41.0 cm³/mol. The first-order valence-electron chi connectivity index (χ1n) is 3.49. The molecule has 5 heteroatoms. The summed E-state index contributed by atoms with van der Waals surface area (Å²) in [4.78, 5) is 14.6. The summed E-state index contributed by atoms with van der Waals surface area (Å²) < 4.78 is 22.9. The number of hydroxylamine groups is 1. The fourth-order valence-electron chi connectivity index (χ4n) is 0.747. The quantitative estimate of drug-likeness (QED) is 0.729. The minimum atomic E-state index is -3.01. The Balaban J connectivity index is 2.50. The number of rotatable bonds is 3. The Morgan fingerprint density at radius 1 is 1.31 bits per heavy atom. The number of hydrogen-bond acceptors (Lipinski definition) is 2. The smallest absolute Gasteiger partial charge is 0.267 e. The number of carbonyl (C=O) groups excluding carboxylic acids is 1. The van der Waals surface area contributed by atoms with Crippen molar-refractivity contribution in [3.8, 4) is 0 Å². The molecule has 1 aromatic carbocycles. The molecule has 1 amide bonds. The second-order valence-corrected chi connectivity index (χ2v) is 2.18. The Kier molecular flexibility index (Phi) is 3.33. The van der Waals surface area contributed by atoms with Crippen LogP contribution in [0.25, 0.3) is 0 Å². The van der Waals surface area contributed by atoms with Gasteiger partial charge in [0, 0.05) is 5.56 Å². The molecule has 13 heavy (non-hydrogen) atoms. The van der Waals surface area contributed by atoms with Gasteiger partial charge in [-0.25, -0.2) is 10.3 Å². The highest BCUT2D eigenvalue weighted by Gasteiger charge is 2.07. The largest absolute Gasteiger partial charge is 0.364 e. The zero-order valence-electron chi connectivity index (χ0n) is 6.54. The van der Waals surface area contributed by atoms with Gasteiger partial charge in [-0.05, 0) is 12.1 Å². The van der Waals surface area contributed by atoms with E-state index in [1.54, 1.807) is 23.7 Å². The van der Waals surface area contributed by atoms with E-state index in [0.29, 0.717) is 0 Å². The maximum Gasteiger partial charge on any atom is 0.364 e. The summed E-state index contributed by atoms with van der Waals surface area (Å²) in [7, 11) is 0. The van der Waals surface area contributed by atoms with Gasteiger partial charge >= 0.3 is 6.61 Å². The van der Waals surface area contributed by atoms with Crippen LogP contribution in [0.4, 0.5) is 8.78 Å². The summed E-state index contributed by atoms with van der Waals surface area (Å²) in [6.07, 6.45) is 0. The van der Waals surface area contributed by atoms with Crippen LogP contribution in [0.1, 0.15) is 10.4 Å². The third kappa shape index (κ3) is 3.16. The number of amides is 1. The van der Waals surface area contributed by atoms with Crippen molar-refractivity contribution in [1.29, 1.82) is 0 Å². The van der Waals surface area contributed by atoms with Gasteiger partial charge in [0.1, 0.15) is 0 Å². The zero-order valence-corrected chi connectivity index (χ0v) is 6.54. The number of carbonyl (C=O) groups is 1. The van der Waals surface area contributed by atoms with E-state index < -0.39 is 12.5 Å². The van der Waals surface area contributed by atoms with Crippen molar-refractivity contribution in [3.63, 3.8) is 0 Å². The first kappa shape index (κ1) is 9.60. The average molecular weight is 187 g/mol. The normalized spacial score (nSPS) is 10.1. The Labute approximate surface area is 73.3 Å². The standard InChI is InChI=1S/C8H7F2NO2/c9-8(10)13-11-7(12)6-4-2-1-3-5-6/h1-5,8H,(H,11,12). The van der Waals surface area contributed by atoms with Crippen LogP contribution in [0.15, 0.2) is 30.3 Å². The van der Waals surface area contributed by atoms with Gasteiger partial charge < -0.3 is 0 Å². The minimum absolute atomic E-state index is 0.267. The number of hydrogen-bond donors (Lipinski definition) is 1. The van der Waals surface area contributed by atoms with E-state index in [4.69, 9.17) is 0 Å². The molecule has 3 nitrogen and oxygen atoms in total. The maximum atomic E-state index is 11.5. The Bertz CT molecular complexity index is 277. The van der Waals surface area contributed by atoms with Crippen LogP contribution in [-0.2, 0) is 4.84 Å². The van der Waals surface area contributed by atoms with Crippen molar-refractivity contribution in [2.24, 2.45) is 0 Å². The molecule has 0 aliphatic rings. The molecule has 0 spiro atoms. The highest BCUT2D eigenvalue weighted by atomic mass is 19.3. The summed E-state index contributed by atoms with van der Waals surface area (Å²) in [6, 6.07) is 7.94. The van der Waals surface area contributed by atoms with Crippen LogP contribution in [0.3, 0.4) is 0 Å². The average Bonchev–Trinajstić information content (AvgIpc) is 2.15. The SMILES string of the molecule is O=C(NOC(F)F)c1ccccc1. The predicted octanol–water partition coefficient (Wildman–Crippen LogP) is 1.57. The molecule has 0 bridgehead atoms. The molecule has 0 unspecified atom stereocenters. The van der Waals surface area contributed by atoms with E-state index in [0.717, 1.165) is 0 Å². The molecular formula is C8H7F2NO2. The van der Waals surface area contributed by atoms with Gasteiger partial charge in [-0.3, -0.25) is 4.79 Å². The molecule has 70 valence electrons. The fraction of sp³-hybridized carbons (Fsp3) is 0.125. The summed E-state index contributed by atoms with van der Waals surface area (Å²) in [5, 5.41) is 0. The van der Waals surface area contributed by atoms with E-state index in [2.05, 4.69) is 4.84 Å². The third-order valence-corrected chi connectivity index (χ3v) is 1.28. The number of alkyl halides is 2. The molecule has 0 fully saturated rings. The molecule has 0 aliphatic carbocycles. The van der Waals surface area contributed by atoms with Gasteiger partial charge in [0.15, 0.2) is 0 Å². The zero-order chi connectivity index (χ0) is 9.68. The third-order valence-electron chi connectivity index (χ3n) is 1.28. The Morgan fingerprint density at radius 3 is 2.46 bits per heavy atom. The lowest BCUT2D eigenvalue weighted by atomic mass is 10.2. The van der Waals surface area contributed by atoms with E-state index in [-0.39, 0.29) is 5.56 Å². The highest BCUT2D eigenvalue weighted by molar-refractivity contribution is 5.93. The monoisotopic (exact) mass is 187 g/mol. The Hall–Kier alpha value is -1.49. The second kappa shape index (κ2) is 4.51. The first-order valence-corrected chi connectivity index (χ1v) is 3.49. The number of halogens is 2. The molecule has 0 saturated heterocycles. The lowest BCUT2D eigenvalue weighted by Crippen LogP contribution is -2.25. The topological polar surface area (TPSA) is 38.3 Å². The molecule has 0 aromatic heterocycles. The molecule has 1 rings (SSSR count). The van der Waals surface area contributed by atoms with Crippen LogP contribution in [0.2, 0.25) is 0 Å². The second-order valence-electron chi connectivity index (χ2n) is 2.18. The van der Waals surface area contributed by atoms with Crippen LogP contribution < -0.4 is 5.48 Å². The minimum Gasteiger partial charge on any atom is -0.267 e.